The Bertz CT molecular complexity index is 506. The molecular formula is C14H18O4. The number of unbranched alkanes of at least 4 members (excludes halogenated alkanes) is 2. The molecule has 4 heteroatoms. The van der Waals surface area contributed by atoms with Gasteiger partial charge in [0.15, 0.2) is 11.5 Å². The van der Waals surface area contributed by atoms with E-state index in [0.29, 0.717) is 17.5 Å². The monoisotopic (exact) mass is 250 g/mol. The maximum atomic E-state index is 12.0. The van der Waals surface area contributed by atoms with Gasteiger partial charge in [-0.05, 0) is 31.0 Å². The molecule has 18 heavy (non-hydrogen) atoms. The molecule has 0 heterocycles. The van der Waals surface area contributed by atoms with Crippen molar-refractivity contribution in [1.29, 1.82) is 0 Å². The molecule has 0 aliphatic carbocycles. The minimum absolute atomic E-state index is 0.119. The lowest BCUT2D eigenvalue weighted by Gasteiger charge is -2.01. The first-order chi connectivity index (χ1) is 8.47. The molecule has 0 aliphatic rings. The molecule has 4 nitrogen and oxygen atoms in total. The summed E-state index contributed by atoms with van der Waals surface area (Å²) in [6, 6.07) is 2.34. The van der Waals surface area contributed by atoms with Gasteiger partial charge in [0.25, 0.3) is 0 Å². The molecule has 0 saturated carbocycles. The van der Waals surface area contributed by atoms with Crippen LogP contribution in [0, 0.1) is 6.92 Å². The van der Waals surface area contributed by atoms with Crippen LogP contribution in [0.2, 0.25) is 0 Å². The van der Waals surface area contributed by atoms with Crippen molar-refractivity contribution < 1.29 is 15.0 Å². The lowest BCUT2D eigenvalue weighted by atomic mass is 10.0. The Labute approximate surface area is 106 Å². The van der Waals surface area contributed by atoms with E-state index in [2.05, 4.69) is 0 Å². The predicted octanol–water partition coefficient (Wildman–Crippen LogP) is 2.53. The van der Waals surface area contributed by atoms with Gasteiger partial charge in [-0.3, -0.25) is 9.59 Å². The largest absolute Gasteiger partial charge is 0.504 e. The SMILES string of the molecule is CCCCCC(=O)c1cc(O)c(O)c(=O)cc1C. The van der Waals surface area contributed by atoms with E-state index in [1.54, 1.807) is 6.92 Å². The van der Waals surface area contributed by atoms with Gasteiger partial charge in [0, 0.05) is 12.0 Å². The first-order valence-electron chi connectivity index (χ1n) is 6.07. The van der Waals surface area contributed by atoms with Crippen LogP contribution in [0.3, 0.4) is 0 Å². The molecule has 2 N–H and O–H groups in total. The van der Waals surface area contributed by atoms with E-state index < -0.39 is 16.9 Å². The van der Waals surface area contributed by atoms with Gasteiger partial charge in [0.1, 0.15) is 0 Å². The minimum atomic E-state index is -0.717. The second-order valence-corrected chi connectivity index (χ2v) is 4.36. The highest BCUT2D eigenvalue weighted by molar-refractivity contribution is 5.97. The van der Waals surface area contributed by atoms with Crippen LogP contribution in [0.5, 0.6) is 11.5 Å². The second kappa shape index (κ2) is 6.19. The van der Waals surface area contributed by atoms with Crippen LogP contribution in [0.25, 0.3) is 0 Å². The van der Waals surface area contributed by atoms with Gasteiger partial charge < -0.3 is 10.2 Å². The van der Waals surface area contributed by atoms with Gasteiger partial charge in [-0.15, -0.1) is 0 Å². The molecule has 98 valence electrons. The summed E-state index contributed by atoms with van der Waals surface area (Å²) in [6.45, 7) is 3.67. The van der Waals surface area contributed by atoms with Crippen molar-refractivity contribution >= 4 is 5.78 Å². The van der Waals surface area contributed by atoms with Crippen LogP contribution in [-0.2, 0) is 0 Å². The third-order valence-corrected chi connectivity index (χ3v) is 2.84. The van der Waals surface area contributed by atoms with E-state index in [1.165, 1.54) is 12.1 Å². The van der Waals surface area contributed by atoms with Gasteiger partial charge in [-0.25, -0.2) is 0 Å². The molecular weight excluding hydrogens is 232 g/mol. The summed E-state index contributed by atoms with van der Waals surface area (Å²) in [5.41, 5.74) is 0.0794. The van der Waals surface area contributed by atoms with Crippen molar-refractivity contribution in [3.05, 3.63) is 33.5 Å². The number of Topliss-reactive ketones (excluding diaryl/α,β-unsaturated/α-hetero) is 1. The highest BCUT2D eigenvalue weighted by Gasteiger charge is 2.12. The highest BCUT2D eigenvalue weighted by atomic mass is 16.3. The van der Waals surface area contributed by atoms with Crippen LogP contribution in [0.15, 0.2) is 16.9 Å². The second-order valence-electron chi connectivity index (χ2n) is 4.36. The Morgan fingerprint density at radius 2 is 1.89 bits per heavy atom. The number of aromatic hydroxyl groups is 2. The lowest BCUT2D eigenvalue weighted by molar-refractivity contribution is 0.0978. The van der Waals surface area contributed by atoms with Crippen molar-refractivity contribution in [2.24, 2.45) is 0 Å². The van der Waals surface area contributed by atoms with Crippen molar-refractivity contribution in [2.75, 3.05) is 0 Å². The summed E-state index contributed by atoms with van der Waals surface area (Å²) in [4.78, 5) is 23.3. The van der Waals surface area contributed by atoms with Crippen molar-refractivity contribution in [2.45, 2.75) is 39.5 Å². The molecule has 0 spiro atoms. The molecule has 0 atom stereocenters. The van der Waals surface area contributed by atoms with Crippen LogP contribution in [0.1, 0.15) is 48.5 Å². The fourth-order valence-corrected chi connectivity index (χ4v) is 1.76. The summed E-state index contributed by atoms with van der Waals surface area (Å²) >= 11 is 0. The van der Waals surface area contributed by atoms with E-state index in [0.717, 1.165) is 19.3 Å². The van der Waals surface area contributed by atoms with Crippen molar-refractivity contribution in [1.82, 2.24) is 0 Å². The number of rotatable bonds is 5. The fraction of sp³-hybridized carbons (Fsp3) is 0.429. The Morgan fingerprint density at radius 3 is 2.50 bits per heavy atom. The smallest absolute Gasteiger partial charge is 0.224 e. The van der Waals surface area contributed by atoms with Crippen LogP contribution in [-0.4, -0.2) is 16.0 Å². The zero-order chi connectivity index (χ0) is 13.7. The van der Waals surface area contributed by atoms with Crippen LogP contribution in [0.4, 0.5) is 0 Å². The zero-order valence-electron chi connectivity index (χ0n) is 10.7. The molecule has 1 aromatic rings. The number of carbonyl (C=O) groups is 1. The van der Waals surface area contributed by atoms with Gasteiger partial charge in [-0.1, -0.05) is 19.8 Å². The highest BCUT2D eigenvalue weighted by Crippen LogP contribution is 2.22. The first kappa shape index (κ1) is 14.2. The Morgan fingerprint density at radius 1 is 1.22 bits per heavy atom. The Kier molecular flexibility index (Phi) is 4.89. The molecule has 1 rings (SSSR count). The number of carbonyl (C=O) groups excluding carboxylic acids is 1. The number of hydrogen-bond acceptors (Lipinski definition) is 4. The maximum absolute atomic E-state index is 12.0. The molecule has 0 amide bonds. The topological polar surface area (TPSA) is 74.6 Å². The number of hydrogen-bond donors (Lipinski definition) is 2. The van der Waals surface area contributed by atoms with Gasteiger partial charge in [0.05, 0.1) is 0 Å². The van der Waals surface area contributed by atoms with E-state index in [9.17, 15) is 19.8 Å². The van der Waals surface area contributed by atoms with E-state index in [-0.39, 0.29) is 5.78 Å². The van der Waals surface area contributed by atoms with Crippen molar-refractivity contribution in [3.8, 4) is 11.5 Å². The standard InChI is InChI=1S/C14H18O4/c1-3-4-5-6-11(15)10-8-13(17)14(18)12(16)7-9(10)2/h7-8H,3-6H2,1-2H3,(H2,16,17,18). The first-order valence-corrected chi connectivity index (χ1v) is 6.07. The summed E-state index contributed by atoms with van der Waals surface area (Å²) in [6.07, 6.45) is 3.15. The Hall–Kier alpha value is -1.84. The summed E-state index contributed by atoms with van der Waals surface area (Å²) in [7, 11) is 0. The van der Waals surface area contributed by atoms with Crippen LogP contribution >= 0.6 is 0 Å². The Balaban J connectivity index is 3.10. The number of ketones is 1. The summed E-state index contributed by atoms with van der Waals surface area (Å²) in [5.74, 6) is -1.39. The maximum Gasteiger partial charge on any atom is 0.224 e. The quantitative estimate of drug-likeness (QED) is 0.622. The average Bonchev–Trinajstić information content (AvgIpc) is 2.42. The molecule has 0 unspecified atom stereocenters. The zero-order valence-corrected chi connectivity index (χ0v) is 10.7. The predicted molar refractivity (Wildman–Crippen MR) is 69.3 cm³/mol. The molecule has 0 aliphatic heterocycles. The molecule has 0 saturated heterocycles. The average molecular weight is 250 g/mol. The van der Waals surface area contributed by atoms with E-state index in [1.807, 2.05) is 6.92 Å². The summed E-state index contributed by atoms with van der Waals surface area (Å²) in [5, 5.41) is 18.8. The normalized spacial score (nSPS) is 10.3. The van der Waals surface area contributed by atoms with Crippen LogP contribution < -0.4 is 5.43 Å². The summed E-state index contributed by atoms with van der Waals surface area (Å²) < 4.78 is 0. The molecule has 1 aromatic carbocycles. The van der Waals surface area contributed by atoms with Gasteiger partial charge >= 0.3 is 0 Å². The van der Waals surface area contributed by atoms with Gasteiger partial charge in [0.2, 0.25) is 11.2 Å². The molecule has 0 radical (unpaired) electrons. The third-order valence-electron chi connectivity index (χ3n) is 2.84. The third kappa shape index (κ3) is 3.32. The van der Waals surface area contributed by atoms with Gasteiger partial charge in [-0.2, -0.15) is 0 Å². The van der Waals surface area contributed by atoms with E-state index >= 15 is 0 Å². The molecule has 0 aromatic heterocycles. The number of aryl methyl sites for hydroxylation is 1. The molecule has 0 fully saturated rings. The van der Waals surface area contributed by atoms with E-state index in [4.69, 9.17) is 0 Å². The minimum Gasteiger partial charge on any atom is -0.504 e. The fourth-order valence-electron chi connectivity index (χ4n) is 1.76. The lowest BCUT2D eigenvalue weighted by Crippen LogP contribution is -2.01. The molecule has 0 bridgehead atoms. The van der Waals surface area contributed by atoms with Crippen molar-refractivity contribution in [3.63, 3.8) is 0 Å².